The van der Waals surface area contributed by atoms with Crippen molar-refractivity contribution in [3.05, 3.63) is 21.9 Å². The average molecular weight is 197 g/mol. The van der Waals surface area contributed by atoms with Crippen LogP contribution in [0, 0.1) is 12.8 Å². The van der Waals surface area contributed by atoms with Gasteiger partial charge in [0.25, 0.3) is 0 Å². The Labute approximate surface area is 85.2 Å². The molecule has 1 nitrogen and oxygen atoms in total. The molecular weight excluding hydrogens is 178 g/mol. The fraction of sp³-hybridized carbons (Fsp3) is 0.636. The molecule has 1 aromatic heterocycles. The van der Waals surface area contributed by atoms with E-state index in [1.165, 1.54) is 10.4 Å². The number of thiophene rings is 1. The third-order valence-corrected chi connectivity index (χ3v) is 3.63. The lowest BCUT2D eigenvalue weighted by Crippen LogP contribution is -2.20. The fourth-order valence-corrected chi connectivity index (χ4v) is 2.48. The monoisotopic (exact) mass is 197 g/mol. The molecule has 0 aromatic carbocycles. The molecule has 0 amide bonds. The molecule has 0 radical (unpaired) electrons. The van der Waals surface area contributed by atoms with Crippen LogP contribution in [-0.2, 0) is 0 Å². The fourth-order valence-electron chi connectivity index (χ4n) is 1.67. The van der Waals surface area contributed by atoms with Gasteiger partial charge in [-0.2, -0.15) is 0 Å². The minimum absolute atomic E-state index is 0.665. The predicted molar refractivity (Wildman–Crippen MR) is 60.6 cm³/mol. The van der Waals surface area contributed by atoms with Crippen molar-refractivity contribution in [2.45, 2.75) is 26.7 Å². The average Bonchev–Trinajstić information content (AvgIpc) is 2.50. The Morgan fingerprint density at radius 1 is 1.46 bits per heavy atom. The lowest BCUT2D eigenvalue weighted by Gasteiger charge is -2.19. The van der Waals surface area contributed by atoms with E-state index in [0.29, 0.717) is 11.8 Å². The lowest BCUT2D eigenvalue weighted by atomic mass is 9.89. The van der Waals surface area contributed by atoms with Crippen molar-refractivity contribution in [3.8, 4) is 0 Å². The van der Waals surface area contributed by atoms with Crippen molar-refractivity contribution < 1.29 is 0 Å². The summed E-state index contributed by atoms with van der Waals surface area (Å²) in [6.45, 7) is 7.92. The van der Waals surface area contributed by atoms with Gasteiger partial charge in [0, 0.05) is 4.88 Å². The van der Waals surface area contributed by atoms with E-state index in [2.05, 4.69) is 37.5 Å². The summed E-state index contributed by atoms with van der Waals surface area (Å²) < 4.78 is 0. The van der Waals surface area contributed by atoms with E-state index in [1.807, 2.05) is 18.4 Å². The van der Waals surface area contributed by atoms with Crippen LogP contribution in [0.5, 0.6) is 0 Å². The molecule has 1 aromatic rings. The second-order valence-electron chi connectivity index (χ2n) is 3.76. The lowest BCUT2D eigenvalue weighted by molar-refractivity contribution is 0.466. The number of nitrogens with one attached hydrogen (secondary N) is 1. The first-order chi connectivity index (χ1) is 6.16. The van der Waals surface area contributed by atoms with Crippen molar-refractivity contribution in [3.63, 3.8) is 0 Å². The molecule has 0 saturated heterocycles. The van der Waals surface area contributed by atoms with Gasteiger partial charge in [-0.25, -0.2) is 0 Å². The molecule has 0 fully saturated rings. The van der Waals surface area contributed by atoms with Crippen LogP contribution in [0.1, 0.15) is 30.2 Å². The summed E-state index contributed by atoms with van der Waals surface area (Å²) in [4.78, 5) is 1.47. The van der Waals surface area contributed by atoms with E-state index < -0.39 is 0 Å². The first-order valence-corrected chi connectivity index (χ1v) is 5.73. The third kappa shape index (κ3) is 2.55. The van der Waals surface area contributed by atoms with Crippen molar-refractivity contribution in [2.75, 3.05) is 13.6 Å². The molecular formula is C11H19NS. The van der Waals surface area contributed by atoms with Crippen molar-refractivity contribution in [1.82, 2.24) is 5.32 Å². The summed E-state index contributed by atoms with van der Waals surface area (Å²) in [6, 6.07) is 2.26. The topological polar surface area (TPSA) is 12.0 Å². The minimum Gasteiger partial charge on any atom is -0.319 e. The van der Waals surface area contributed by atoms with Crippen LogP contribution in [0.25, 0.3) is 0 Å². The molecule has 0 aliphatic carbocycles. The standard InChI is InChI=1S/C11H19NS/c1-8(7-12-4)9(2)11-5-6-13-10(11)3/h5-6,8-9,12H,7H2,1-4H3. The second-order valence-corrected chi connectivity index (χ2v) is 4.88. The molecule has 2 unspecified atom stereocenters. The van der Waals surface area contributed by atoms with E-state index in [-0.39, 0.29) is 0 Å². The van der Waals surface area contributed by atoms with Crippen LogP contribution in [0.4, 0.5) is 0 Å². The number of aryl methyl sites for hydroxylation is 1. The zero-order chi connectivity index (χ0) is 9.84. The largest absolute Gasteiger partial charge is 0.319 e. The Morgan fingerprint density at radius 3 is 2.62 bits per heavy atom. The van der Waals surface area contributed by atoms with Gasteiger partial charge in [0.05, 0.1) is 0 Å². The highest BCUT2D eigenvalue weighted by molar-refractivity contribution is 7.10. The van der Waals surface area contributed by atoms with Crippen LogP contribution in [0.15, 0.2) is 11.4 Å². The highest BCUT2D eigenvalue weighted by atomic mass is 32.1. The van der Waals surface area contributed by atoms with Gasteiger partial charge in [0.1, 0.15) is 0 Å². The van der Waals surface area contributed by atoms with Crippen molar-refractivity contribution >= 4 is 11.3 Å². The molecule has 74 valence electrons. The molecule has 1 N–H and O–H groups in total. The van der Waals surface area contributed by atoms with Crippen LogP contribution in [0.2, 0.25) is 0 Å². The van der Waals surface area contributed by atoms with Crippen LogP contribution < -0.4 is 5.32 Å². The normalized spacial score (nSPS) is 15.7. The maximum Gasteiger partial charge on any atom is 0.00490 e. The number of hydrogen-bond acceptors (Lipinski definition) is 2. The van der Waals surface area contributed by atoms with Crippen molar-refractivity contribution in [2.24, 2.45) is 5.92 Å². The summed E-state index contributed by atoms with van der Waals surface area (Å²) in [5.41, 5.74) is 1.52. The number of hydrogen-bond donors (Lipinski definition) is 1. The molecule has 1 rings (SSSR count). The maximum absolute atomic E-state index is 3.23. The molecule has 0 bridgehead atoms. The molecule has 0 saturated carbocycles. The Bertz CT molecular complexity index is 254. The van der Waals surface area contributed by atoms with E-state index in [0.717, 1.165) is 6.54 Å². The Balaban J connectivity index is 2.67. The zero-order valence-corrected chi connectivity index (χ0v) is 9.74. The van der Waals surface area contributed by atoms with Gasteiger partial charge in [-0.15, -0.1) is 11.3 Å². The van der Waals surface area contributed by atoms with Gasteiger partial charge >= 0.3 is 0 Å². The smallest absolute Gasteiger partial charge is 0.00490 e. The van der Waals surface area contributed by atoms with Crippen LogP contribution in [-0.4, -0.2) is 13.6 Å². The van der Waals surface area contributed by atoms with Gasteiger partial charge in [0.15, 0.2) is 0 Å². The second kappa shape index (κ2) is 4.77. The van der Waals surface area contributed by atoms with E-state index in [1.54, 1.807) is 0 Å². The number of rotatable bonds is 4. The maximum atomic E-state index is 3.23. The van der Waals surface area contributed by atoms with Gasteiger partial charge < -0.3 is 5.32 Å². The van der Waals surface area contributed by atoms with Gasteiger partial charge in [-0.3, -0.25) is 0 Å². The summed E-state index contributed by atoms with van der Waals surface area (Å²) >= 11 is 1.85. The zero-order valence-electron chi connectivity index (χ0n) is 8.92. The van der Waals surface area contributed by atoms with Crippen LogP contribution in [0.3, 0.4) is 0 Å². The predicted octanol–water partition coefficient (Wildman–Crippen LogP) is 3.02. The van der Waals surface area contributed by atoms with Gasteiger partial charge in [-0.05, 0) is 49.4 Å². The molecule has 0 aliphatic heterocycles. The van der Waals surface area contributed by atoms with E-state index in [4.69, 9.17) is 0 Å². The molecule has 2 heteroatoms. The third-order valence-electron chi connectivity index (χ3n) is 2.77. The Morgan fingerprint density at radius 2 is 2.15 bits per heavy atom. The summed E-state index contributed by atoms with van der Waals surface area (Å²) in [7, 11) is 2.02. The molecule has 0 aliphatic rings. The highest BCUT2D eigenvalue weighted by Crippen LogP contribution is 2.29. The molecule has 0 spiro atoms. The summed E-state index contributed by atoms with van der Waals surface area (Å²) in [5.74, 6) is 1.37. The van der Waals surface area contributed by atoms with E-state index in [9.17, 15) is 0 Å². The molecule has 2 atom stereocenters. The van der Waals surface area contributed by atoms with Crippen LogP contribution >= 0.6 is 11.3 Å². The van der Waals surface area contributed by atoms with E-state index >= 15 is 0 Å². The Hall–Kier alpha value is -0.340. The SMILES string of the molecule is CNCC(C)C(C)c1ccsc1C. The quantitative estimate of drug-likeness (QED) is 0.782. The highest BCUT2D eigenvalue weighted by Gasteiger charge is 2.15. The first-order valence-electron chi connectivity index (χ1n) is 4.85. The van der Waals surface area contributed by atoms with Crippen molar-refractivity contribution in [1.29, 1.82) is 0 Å². The molecule has 13 heavy (non-hydrogen) atoms. The van der Waals surface area contributed by atoms with Gasteiger partial charge in [0.2, 0.25) is 0 Å². The molecule has 1 heterocycles. The Kier molecular flexibility index (Phi) is 3.94. The summed E-state index contributed by atoms with van der Waals surface area (Å²) in [6.07, 6.45) is 0. The van der Waals surface area contributed by atoms with Gasteiger partial charge in [-0.1, -0.05) is 13.8 Å². The summed E-state index contributed by atoms with van der Waals surface area (Å²) in [5, 5.41) is 5.42. The minimum atomic E-state index is 0.665. The first kappa shape index (κ1) is 10.7.